The van der Waals surface area contributed by atoms with Gasteiger partial charge in [0.1, 0.15) is 0 Å². The lowest BCUT2D eigenvalue weighted by Crippen LogP contribution is -2.42. The molecule has 2 N–H and O–H groups in total. The Morgan fingerprint density at radius 1 is 1.26 bits per heavy atom. The zero-order valence-corrected chi connectivity index (χ0v) is 10.7. The SMILES string of the molecule is O=C1NCCCCC1NCc1ccc(C(F)F)cc1. The molecule has 0 radical (unpaired) electrons. The minimum absolute atomic E-state index is 0.0240. The first-order valence-electron chi connectivity index (χ1n) is 6.55. The first-order valence-corrected chi connectivity index (χ1v) is 6.55. The number of rotatable bonds is 4. The van der Waals surface area contributed by atoms with Crippen molar-refractivity contribution in [3.8, 4) is 0 Å². The predicted molar refractivity (Wildman–Crippen MR) is 68.9 cm³/mol. The zero-order valence-electron chi connectivity index (χ0n) is 10.7. The van der Waals surface area contributed by atoms with Crippen LogP contribution >= 0.6 is 0 Å². The lowest BCUT2D eigenvalue weighted by Gasteiger charge is -2.15. The van der Waals surface area contributed by atoms with Gasteiger partial charge in [-0.3, -0.25) is 4.79 Å². The van der Waals surface area contributed by atoms with E-state index in [1.165, 1.54) is 12.1 Å². The minimum atomic E-state index is -2.44. The Bertz CT molecular complexity index is 420. The van der Waals surface area contributed by atoms with Crippen molar-refractivity contribution in [3.05, 3.63) is 35.4 Å². The van der Waals surface area contributed by atoms with Gasteiger partial charge in [-0.05, 0) is 24.8 Å². The van der Waals surface area contributed by atoms with Gasteiger partial charge in [0.2, 0.25) is 5.91 Å². The minimum Gasteiger partial charge on any atom is -0.355 e. The van der Waals surface area contributed by atoms with E-state index in [0.29, 0.717) is 6.54 Å². The third-order valence-electron chi connectivity index (χ3n) is 3.32. The largest absolute Gasteiger partial charge is 0.355 e. The molecular formula is C14H18F2N2O. The van der Waals surface area contributed by atoms with Crippen molar-refractivity contribution < 1.29 is 13.6 Å². The molecule has 0 spiro atoms. The normalized spacial score (nSPS) is 20.2. The lowest BCUT2D eigenvalue weighted by molar-refractivity contribution is -0.122. The second-order valence-corrected chi connectivity index (χ2v) is 4.76. The summed E-state index contributed by atoms with van der Waals surface area (Å²) in [7, 11) is 0. The highest BCUT2D eigenvalue weighted by Crippen LogP contribution is 2.18. The Labute approximate surface area is 111 Å². The Morgan fingerprint density at radius 2 is 2.00 bits per heavy atom. The third kappa shape index (κ3) is 3.99. The molecule has 0 aliphatic carbocycles. The van der Waals surface area contributed by atoms with Crippen LogP contribution in [-0.4, -0.2) is 18.5 Å². The molecule has 5 heteroatoms. The first-order chi connectivity index (χ1) is 9.16. The van der Waals surface area contributed by atoms with E-state index in [-0.39, 0.29) is 17.5 Å². The number of nitrogens with one attached hydrogen (secondary N) is 2. The predicted octanol–water partition coefficient (Wildman–Crippen LogP) is 2.38. The maximum Gasteiger partial charge on any atom is 0.263 e. The fraction of sp³-hybridized carbons (Fsp3) is 0.500. The van der Waals surface area contributed by atoms with E-state index in [1.807, 2.05) is 0 Å². The molecule has 1 fully saturated rings. The molecule has 1 aromatic carbocycles. The highest BCUT2D eigenvalue weighted by atomic mass is 19.3. The molecule has 1 aliphatic heterocycles. The lowest BCUT2D eigenvalue weighted by atomic mass is 10.1. The van der Waals surface area contributed by atoms with Gasteiger partial charge < -0.3 is 10.6 Å². The maximum atomic E-state index is 12.4. The molecule has 1 amide bonds. The molecule has 0 saturated carbocycles. The third-order valence-corrected chi connectivity index (χ3v) is 3.32. The summed E-state index contributed by atoms with van der Waals surface area (Å²) < 4.78 is 24.8. The van der Waals surface area contributed by atoms with Crippen molar-refractivity contribution >= 4 is 5.91 Å². The Kier molecular flexibility index (Phi) is 4.85. The highest BCUT2D eigenvalue weighted by Gasteiger charge is 2.19. The molecule has 1 aromatic rings. The molecule has 104 valence electrons. The molecule has 1 saturated heterocycles. The van der Waals surface area contributed by atoms with Crippen LogP contribution in [0.5, 0.6) is 0 Å². The molecule has 0 bridgehead atoms. The summed E-state index contributed by atoms with van der Waals surface area (Å²) in [5, 5.41) is 6.03. The number of hydrogen-bond donors (Lipinski definition) is 2. The first kappa shape index (κ1) is 13.9. The molecule has 19 heavy (non-hydrogen) atoms. The van der Waals surface area contributed by atoms with E-state index in [1.54, 1.807) is 12.1 Å². The van der Waals surface area contributed by atoms with Crippen molar-refractivity contribution in [2.75, 3.05) is 6.54 Å². The fourth-order valence-electron chi connectivity index (χ4n) is 2.16. The summed E-state index contributed by atoms with van der Waals surface area (Å²) >= 11 is 0. The Hall–Kier alpha value is -1.49. The zero-order chi connectivity index (χ0) is 13.7. The van der Waals surface area contributed by atoms with Gasteiger partial charge >= 0.3 is 0 Å². The van der Waals surface area contributed by atoms with Gasteiger partial charge in [0.25, 0.3) is 6.43 Å². The maximum absolute atomic E-state index is 12.4. The van der Waals surface area contributed by atoms with Crippen LogP contribution in [-0.2, 0) is 11.3 Å². The van der Waals surface area contributed by atoms with Crippen molar-refractivity contribution in [1.29, 1.82) is 0 Å². The standard InChI is InChI=1S/C14H18F2N2O/c15-13(16)11-6-4-10(5-7-11)9-18-12-3-1-2-8-17-14(12)19/h4-7,12-13,18H,1-3,8-9H2,(H,17,19). The average Bonchev–Trinajstić information content (AvgIpc) is 2.61. The van der Waals surface area contributed by atoms with Gasteiger partial charge in [-0.25, -0.2) is 8.78 Å². The van der Waals surface area contributed by atoms with Crippen LogP contribution in [0.15, 0.2) is 24.3 Å². The van der Waals surface area contributed by atoms with Crippen LogP contribution in [0.2, 0.25) is 0 Å². The van der Waals surface area contributed by atoms with Crippen LogP contribution < -0.4 is 10.6 Å². The van der Waals surface area contributed by atoms with E-state index in [9.17, 15) is 13.6 Å². The smallest absolute Gasteiger partial charge is 0.263 e. The van der Waals surface area contributed by atoms with Crippen LogP contribution in [0.1, 0.15) is 36.8 Å². The summed E-state index contributed by atoms with van der Waals surface area (Å²) in [5.41, 5.74) is 0.928. The summed E-state index contributed by atoms with van der Waals surface area (Å²) in [6.07, 6.45) is 0.406. The van der Waals surface area contributed by atoms with Gasteiger partial charge in [-0.1, -0.05) is 24.3 Å². The number of halogens is 2. The van der Waals surface area contributed by atoms with Crippen LogP contribution in [0.3, 0.4) is 0 Å². The van der Waals surface area contributed by atoms with Gasteiger partial charge in [-0.15, -0.1) is 0 Å². The Balaban J connectivity index is 1.88. The van der Waals surface area contributed by atoms with Crippen LogP contribution in [0.4, 0.5) is 8.78 Å². The van der Waals surface area contributed by atoms with E-state index >= 15 is 0 Å². The van der Waals surface area contributed by atoms with Crippen molar-refractivity contribution in [2.45, 2.75) is 38.3 Å². The average molecular weight is 268 g/mol. The molecule has 3 nitrogen and oxygen atoms in total. The monoisotopic (exact) mass is 268 g/mol. The van der Waals surface area contributed by atoms with Crippen molar-refractivity contribution in [3.63, 3.8) is 0 Å². The second kappa shape index (κ2) is 6.61. The molecule has 1 atom stereocenters. The topological polar surface area (TPSA) is 41.1 Å². The number of benzene rings is 1. The summed E-state index contributed by atoms with van der Waals surface area (Å²) in [6.45, 7) is 1.25. The highest BCUT2D eigenvalue weighted by molar-refractivity contribution is 5.81. The number of alkyl halides is 2. The van der Waals surface area contributed by atoms with E-state index in [2.05, 4.69) is 10.6 Å². The van der Waals surface area contributed by atoms with Crippen molar-refractivity contribution in [1.82, 2.24) is 10.6 Å². The second-order valence-electron chi connectivity index (χ2n) is 4.76. The summed E-state index contributed by atoms with van der Waals surface area (Å²) in [4.78, 5) is 11.7. The van der Waals surface area contributed by atoms with Gasteiger partial charge in [0.05, 0.1) is 6.04 Å². The number of carbonyl (C=O) groups excluding carboxylic acids is 1. The van der Waals surface area contributed by atoms with Crippen molar-refractivity contribution in [2.24, 2.45) is 0 Å². The molecule has 2 rings (SSSR count). The Morgan fingerprint density at radius 3 is 2.68 bits per heavy atom. The summed E-state index contributed by atoms with van der Waals surface area (Å²) in [5.74, 6) is 0.0294. The molecular weight excluding hydrogens is 250 g/mol. The molecule has 1 aliphatic rings. The molecule has 0 aromatic heterocycles. The quantitative estimate of drug-likeness (QED) is 0.880. The van der Waals surface area contributed by atoms with Gasteiger partial charge in [0.15, 0.2) is 0 Å². The number of carbonyl (C=O) groups is 1. The fourth-order valence-corrected chi connectivity index (χ4v) is 2.16. The number of hydrogen-bond acceptors (Lipinski definition) is 2. The van der Waals surface area contributed by atoms with Crippen LogP contribution in [0, 0.1) is 0 Å². The molecule has 1 unspecified atom stereocenters. The van der Waals surface area contributed by atoms with Gasteiger partial charge in [0, 0.05) is 18.7 Å². The number of amides is 1. The van der Waals surface area contributed by atoms with Crippen LogP contribution in [0.25, 0.3) is 0 Å². The molecule has 1 heterocycles. The summed E-state index contributed by atoms with van der Waals surface area (Å²) in [6, 6.07) is 6.01. The van der Waals surface area contributed by atoms with E-state index in [0.717, 1.165) is 31.4 Å². The van der Waals surface area contributed by atoms with Gasteiger partial charge in [-0.2, -0.15) is 0 Å². The van der Waals surface area contributed by atoms with E-state index < -0.39 is 6.43 Å². The van der Waals surface area contributed by atoms with E-state index in [4.69, 9.17) is 0 Å².